The topological polar surface area (TPSA) is 291 Å². The molecule has 20 rings (SSSR count). The number of hydrogen-bond acceptors (Lipinski definition) is 21. The van der Waals surface area contributed by atoms with Crippen molar-refractivity contribution in [3.8, 4) is 45.6 Å². The molecular formula is C96H112N24O5. The predicted molar refractivity (Wildman–Crippen MR) is 488 cm³/mol. The van der Waals surface area contributed by atoms with Gasteiger partial charge in [-0.25, -0.2) is 38.0 Å². The SMILES string of the molecule is CCCN1CCC(c2ccc3nc(-c4cc5c(CC)nc(C)cn5n4)cc(=O)n3c2)CC1.CCc1nc(C)cn2nc(-c3cc(=O)n4cc(C5CCN(C)CC5)ccc4n3)cc12.CCc1nc(C)cn2nc(-c3cc(=O)n4cc(C5CCN(CC)CC5)ccc4n3)cc12.CCc1nc(C)cn2nc(-c3cc(=O)n4cc(C5CCN(CCO)CC5)ccc4n3)cc12. The zero-order valence-corrected chi connectivity index (χ0v) is 73.7. The van der Waals surface area contributed by atoms with Crippen LogP contribution in [0.15, 0.2) is 166 Å². The molecule has 0 atom stereocenters. The Balaban J connectivity index is 0.000000118. The van der Waals surface area contributed by atoms with Gasteiger partial charge >= 0.3 is 0 Å². The van der Waals surface area contributed by atoms with Gasteiger partial charge < -0.3 is 24.7 Å². The molecule has 0 aromatic carbocycles. The fraction of sp³-hybridized carbons (Fsp3) is 0.417. The van der Waals surface area contributed by atoms with Crippen molar-refractivity contribution in [2.24, 2.45) is 0 Å². The molecule has 125 heavy (non-hydrogen) atoms. The number of piperidine rings is 4. The van der Waals surface area contributed by atoms with Crippen LogP contribution in [0.1, 0.15) is 191 Å². The van der Waals surface area contributed by atoms with Crippen LogP contribution in [0.2, 0.25) is 0 Å². The molecule has 4 aliphatic rings. The number of hydrogen-bond donors (Lipinski definition) is 1. The van der Waals surface area contributed by atoms with Crippen molar-refractivity contribution in [3.63, 3.8) is 0 Å². The van der Waals surface area contributed by atoms with E-state index in [-0.39, 0.29) is 28.8 Å². The maximum atomic E-state index is 13.0. The lowest BCUT2D eigenvalue weighted by molar-refractivity contribution is 0.164. The maximum Gasteiger partial charge on any atom is 0.258 e. The van der Waals surface area contributed by atoms with Crippen molar-refractivity contribution in [3.05, 3.63) is 256 Å². The highest BCUT2D eigenvalue weighted by Gasteiger charge is 2.27. The molecular weight excluding hydrogens is 1570 g/mol. The lowest BCUT2D eigenvalue weighted by Gasteiger charge is -2.31. The third-order valence-corrected chi connectivity index (χ3v) is 25.5. The number of rotatable bonds is 17. The van der Waals surface area contributed by atoms with Gasteiger partial charge in [0, 0.05) is 55.6 Å². The van der Waals surface area contributed by atoms with Crippen LogP contribution in [-0.4, -0.2) is 206 Å². The summed E-state index contributed by atoms with van der Waals surface area (Å²) in [6, 6.07) is 30.5. The summed E-state index contributed by atoms with van der Waals surface area (Å²) in [7, 11) is 2.16. The zero-order chi connectivity index (χ0) is 86.8. The van der Waals surface area contributed by atoms with Crippen molar-refractivity contribution in [1.29, 1.82) is 0 Å². The molecule has 29 nitrogen and oxygen atoms in total. The lowest BCUT2D eigenvalue weighted by atomic mass is 9.90. The summed E-state index contributed by atoms with van der Waals surface area (Å²) >= 11 is 0. The number of aryl methyl sites for hydroxylation is 8. The number of β-amino-alcohol motifs (C(OH)–C–C–N with tert-alkyl or cyclic N) is 1. The van der Waals surface area contributed by atoms with Gasteiger partial charge in [0.1, 0.15) is 45.4 Å². The van der Waals surface area contributed by atoms with E-state index in [0.717, 1.165) is 210 Å². The first-order valence-corrected chi connectivity index (χ1v) is 44.7. The fourth-order valence-electron chi connectivity index (χ4n) is 18.6. The van der Waals surface area contributed by atoms with Crippen LogP contribution in [0.5, 0.6) is 0 Å². The second-order valence-corrected chi connectivity index (χ2v) is 34.1. The minimum Gasteiger partial charge on any atom is -0.395 e. The highest BCUT2D eigenvalue weighted by atomic mass is 16.3. The zero-order valence-electron chi connectivity index (χ0n) is 73.7. The summed E-state index contributed by atoms with van der Waals surface area (Å²) in [5, 5.41) is 27.8. The molecule has 29 heteroatoms. The number of aromatic nitrogens is 20. The van der Waals surface area contributed by atoms with Crippen molar-refractivity contribution in [1.82, 2.24) is 116 Å². The molecule has 0 spiro atoms. The summed E-state index contributed by atoms with van der Waals surface area (Å²) in [6.45, 7) is 32.4. The Hall–Kier alpha value is -12.3. The van der Waals surface area contributed by atoms with E-state index in [1.165, 1.54) is 35.2 Å². The first-order chi connectivity index (χ1) is 60.7. The Morgan fingerprint density at radius 3 is 0.816 bits per heavy atom. The second kappa shape index (κ2) is 36.9. The molecule has 0 amide bonds. The van der Waals surface area contributed by atoms with Crippen LogP contribution < -0.4 is 22.2 Å². The van der Waals surface area contributed by atoms with Gasteiger partial charge in [0.15, 0.2) is 0 Å². The van der Waals surface area contributed by atoms with E-state index < -0.39 is 0 Å². The Morgan fingerprint density at radius 1 is 0.312 bits per heavy atom. The molecule has 0 aliphatic carbocycles. The molecule has 646 valence electrons. The van der Waals surface area contributed by atoms with Gasteiger partial charge in [-0.1, -0.05) is 65.8 Å². The third kappa shape index (κ3) is 18.2. The number of aliphatic hydroxyl groups excluding tert-OH is 1. The average molecular weight is 1680 g/mol. The Labute approximate surface area is 724 Å². The quantitative estimate of drug-likeness (QED) is 0.0886. The summed E-state index contributed by atoms with van der Waals surface area (Å²) < 4.78 is 14.0. The largest absolute Gasteiger partial charge is 0.395 e. The molecule has 0 saturated carbocycles. The number of nitrogens with zero attached hydrogens (tertiary/aromatic N) is 24. The minimum atomic E-state index is -0.105. The molecule has 0 bridgehead atoms. The summed E-state index contributed by atoms with van der Waals surface area (Å²) in [4.78, 5) is 98.9. The van der Waals surface area contributed by atoms with Crippen LogP contribution in [0.3, 0.4) is 0 Å². The van der Waals surface area contributed by atoms with E-state index in [1.54, 1.807) is 41.9 Å². The van der Waals surface area contributed by atoms with Gasteiger partial charge in [-0.3, -0.25) is 56.7 Å². The molecule has 0 radical (unpaired) electrons. The van der Waals surface area contributed by atoms with Crippen LogP contribution in [0.4, 0.5) is 0 Å². The Morgan fingerprint density at radius 2 is 0.568 bits per heavy atom. The highest BCUT2D eigenvalue weighted by molar-refractivity contribution is 5.70. The Bertz CT molecular complexity index is 6710. The monoisotopic (exact) mass is 1680 g/mol. The van der Waals surface area contributed by atoms with E-state index in [2.05, 4.69) is 133 Å². The fourth-order valence-corrected chi connectivity index (χ4v) is 18.6. The lowest BCUT2D eigenvalue weighted by Crippen LogP contribution is -2.35. The number of pyridine rings is 4. The van der Waals surface area contributed by atoms with E-state index in [0.29, 0.717) is 91.8 Å². The van der Waals surface area contributed by atoms with E-state index >= 15 is 0 Å². The standard InChI is InChI=1S/C25H30N6O.C24H28N6O2.C24H28N6O.C23H26N6O/c1-4-10-29-11-8-18(9-12-29)19-6-7-24-27-21(14-25(32)30(24)16-19)22-13-23-20(5-2)26-17(3)15-31(23)28-22;1-3-19-22-12-21(27-30(22)14-16(2)25-19)20-13-24(32)29-15-18(4-5-23(29)26-20)17-6-8-28(9-7-17)10-11-31;1-4-19-22-12-21(27-30(22)14-16(3)25-19)20-13-24(31)29-15-18(6-7-23(29)26-20)17-8-10-28(5-2)11-9-17;1-4-18-21-11-20(26-29(21)13-15(2)24-18)19-12-23(30)28-14-17(5-6-22(28)25-19)16-7-9-27(3)10-8-16/h6-7,13-16,18H,4-5,8-12H2,1-3H3;4-5,12-15,17,31H,3,6-11H2,1-2H3;6-7,12-15,17H,4-5,8-11H2,1-3H3;5-6,11-14,16H,4,7-10H2,1-3H3. The molecule has 20 heterocycles. The summed E-state index contributed by atoms with van der Waals surface area (Å²) in [5.41, 5.74) is 23.6. The van der Waals surface area contributed by atoms with E-state index in [1.807, 2.05) is 144 Å². The predicted octanol–water partition coefficient (Wildman–Crippen LogP) is 12.9. The van der Waals surface area contributed by atoms with Gasteiger partial charge in [-0.15, -0.1) is 0 Å². The number of fused-ring (bicyclic) bond motifs is 8. The average Bonchev–Trinajstić information content (AvgIpc) is 1.69. The molecule has 4 saturated heterocycles. The van der Waals surface area contributed by atoms with E-state index in [4.69, 9.17) is 25.0 Å². The third-order valence-electron chi connectivity index (χ3n) is 25.5. The van der Waals surface area contributed by atoms with Crippen LogP contribution in [0.25, 0.3) is 90.2 Å². The van der Waals surface area contributed by atoms with Gasteiger partial charge in [0.05, 0.1) is 122 Å². The van der Waals surface area contributed by atoms with E-state index in [9.17, 15) is 19.2 Å². The first kappa shape index (κ1) is 84.9. The number of aliphatic hydroxyl groups is 1. The van der Waals surface area contributed by atoms with Crippen molar-refractivity contribution >= 4 is 44.7 Å². The molecule has 4 fully saturated rings. The van der Waals surface area contributed by atoms with Gasteiger partial charge in [-0.2, -0.15) is 20.4 Å². The van der Waals surface area contributed by atoms with Crippen LogP contribution >= 0.6 is 0 Å². The minimum absolute atomic E-state index is 0.0719. The van der Waals surface area contributed by atoms with Crippen molar-refractivity contribution in [2.45, 2.75) is 176 Å². The molecule has 16 aromatic rings. The van der Waals surface area contributed by atoms with Gasteiger partial charge in [0.2, 0.25) is 0 Å². The summed E-state index contributed by atoms with van der Waals surface area (Å²) in [6.07, 6.45) is 28.8. The molecule has 4 aliphatic heterocycles. The molecule has 16 aromatic heterocycles. The van der Waals surface area contributed by atoms with Crippen molar-refractivity contribution in [2.75, 3.05) is 85.6 Å². The van der Waals surface area contributed by atoms with Gasteiger partial charge in [0.25, 0.3) is 22.2 Å². The maximum absolute atomic E-state index is 13.0. The summed E-state index contributed by atoms with van der Waals surface area (Å²) in [5.74, 6) is 1.92. The first-order valence-electron chi connectivity index (χ1n) is 44.7. The van der Waals surface area contributed by atoms with Crippen molar-refractivity contribution < 1.29 is 5.11 Å². The van der Waals surface area contributed by atoms with Gasteiger partial charge in [-0.05, 0) is 278 Å². The molecule has 0 unspecified atom stereocenters. The second-order valence-electron chi connectivity index (χ2n) is 34.1. The molecule has 1 N–H and O–H groups in total. The number of likely N-dealkylation sites (tertiary alicyclic amines) is 4. The normalized spacial score (nSPS) is 15.8. The Kier molecular flexibility index (Phi) is 25.0. The van der Waals surface area contributed by atoms with Crippen LogP contribution in [-0.2, 0) is 25.7 Å². The smallest absolute Gasteiger partial charge is 0.258 e. The highest BCUT2D eigenvalue weighted by Crippen LogP contribution is 2.34. The van der Waals surface area contributed by atoms with Crippen LogP contribution in [0, 0.1) is 27.7 Å².